The SMILES string of the molecule is O=C(O)CNC(=O)c1c(O)cc(-c2cc(C(F)(F)F)ccc2F)n2ncnc12. The quantitative estimate of drug-likeness (QED) is 0.580. The van der Waals surface area contributed by atoms with Crippen molar-refractivity contribution in [2.24, 2.45) is 0 Å². The Morgan fingerprint density at radius 1 is 1.21 bits per heavy atom. The van der Waals surface area contributed by atoms with Crippen molar-refractivity contribution in [3.8, 4) is 17.0 Å². The van der Waals surface area contributed by atoms with Crippen LogP contribution in [0.3, 0.4) is 0 Å². The molecule has 1 amide bonds. The number of carbonyl (C=O) groups is 2. The van der Waals surface area contributed by atoms with Crippen LogP contribution in [0.5, 0.6) is 5.75 Å². The number of aliphatic carboxylic acids is 1. The van der Waals surface area contributed by atoms with Crippen molar-refractivity contribution >= 4 is 17.5 Å². The van der Waals surface area contributed by atoms with Crippen LogP contribution in [0.4, 0.5) is 17.6 Å². The molecule has 0 unspecified atom stereocenters. The molecule has 146 valence electrons. The average molecular weight is 398 g/mol. The van der Waals surface area contributed by atoms with Crippen molar-refractivity contribution in [1.29, 1.82) is 0 Å². The Hall–Kier alpha value is -3.70. The maximum absolute atomic E-state index is 14.2. The van der Waals surface area contributed by atoms with E-state index in [0.717, 1.165) is 16.9 Å². The van der Waals surface area contributed by atoms with Crippen LogP contribution in [0.15, 0.2) is 30.6 Å². The number of carboxylic acid groups (broad SMARTS) is 1. The van der Waals surface area contributed by atoms with Crippen molar-refractivity contribution < 1.29 is 37.4 Å². The first-order valence-electron chi connectivity index (χ1n) is 7.52. The first kappa shape index (κ1) is 19.1. The molecule has 3 N–H and O–H groups in total. The van der Waals surface area contributed by atoms with E-state index in [4.69, 9.17) is 5.11 Å². The van der Waals surface area contributed by atoms with Gasteiger partial charge < -0.3 is 15.5 Å². The van der Waals surface area contributed by atoms with Gasteiger partial charge in [0.2, 0.25) is 0 Å². The number of hydrogen-bond donors (Lipinski definition) is 3. The van der Waals surface area contributed by atoms with E-state index < -0.39 is 52.9 Å². The molecule has 1 aromatic carbocycles. The second-order valence-electron chi connectivity index (χ2n) is 5.55. The minimum Gasteiger partial charge on any atom is -0.507 e. The molecular weight excluding hydrogens is 388 g/mol. The fourth-order valence-corrected chi connectivity index (χ4v) is 2.52. The Morgan fingerprint density at radius 2 is 1.93 bits per heavy atom. The van der Waals surface area contributed by atoms with E-state index in [0.29, 0.717) is 18.2 Å². The van der Waals surface area contributed by atoms with Gasteiger partial charge in [0.05, 0.1) is 11.3 Å². The zero-order valence-electron chi connectivity index (χ0n) is 13.7. The molecule has 2 aromatic heterocycles. The number of nitrogens with one attached hydrogen (secondary N) is 1. The monoisotopic (exact) mass is 398 g/mol. The van der Waals surface area contributed by atoms with Gasteiger partial charge >= 0.3 is 12.1 Å². The minimum atomic E-state index is -4.73. The van der Waals surface area contributed by atoms with Gasteiger partial charge in [0.1, 0.15) is 30.0 Å². The van der Waals surface area contributed by atoms with Crippen molar-refractivity contribution in [2.45, 2.75) is 6.18 Å². The van der Waals surface area contributed by atoms with Crippen molar-refractivity contribution in [2.75, 3.05) is 6.54 Å². The maximum atomic E-state index is 14.2. The van der Waals surface area contributed by atoms with Gasteiger partial charge in [-0.05, 0) is 18.2 Å². The molecule has 0 fully saturated rings. The lowest BCUT2D eigenvalue weighted by Crippen LogP contribution is -2.29. The van der Waals surface area contributed by atoms with Crippen LogP contribution < -0.4 is 5.32 Å². The molecule has 8 nitrogen and oxygen atoms in total. The summed E-state index contributed by atoms with van der Waals surface area (Å²) in [6.45, 7) is -0.747. The lowest BCUT2D eigenvalue weighted by Gasteiger charge is -2.13. The summed E-state index contributed by atoms with van der Waals surface area (Å²) >= 11 is 0. The largest absolute Gasteiger partial charge is 0.507 e. The highest BCUT2D eigenvalue weighted by Crippen LogP contribution is 2.35. The molecule has 0 spiro atoms. The number of amides is 1. The number of alkyl halides is 3. The Morgan fingerprint density at radius 3 is 2.57 bits per heavy atom. The molecule has 0 saturated carbocycles. The van der Waals surface area contributed by atoms with Gasteiger partial charge in [-0.3, -0.25) is 9.59 Å². The van der Waals surface area contributed by atoms with E-state index in [2.05, 4.69) is 10.1 Å². The van der Waals surface area contributed by atoms with E-state index in [1.165, 1.54) is 0 Å². The normalized spacial score (nSPS) is 11.6. The Labute approximate surface area is 153 Å². The smallest absolute Gasteiger partial charge is 0.416 e. The Balaban J connectivity index is 2.18. The Bertz CT molecular complexity index is 1090. The third-order valence-electron chi connectivity index (χ3n) is 3.73. The lowest BCUT2D eigenvalue weighted by molar-refractivity contribution is -0.138. The molecule has 2 heterocycles. The average Bonchev–Trinajstić information content (AvgIpc) is 3.07. The first-order valence-corrected chi connectivity index (χ1v) is 7.52. The van der Waals surface area contributed by atoms with Gasteiger partial charge in [-0.2, -0.15) is 18.3 Å². The number of nitrogens with zero attached hydrogens (tertiary/aromatic N) is 3. The van der Waals surface area contributed by atoms with Crippen LogP contribution in [-0.4, -0.2) is 43.2 Å². The molecule has 0 atom stereocenters. The molecule has 0 aliphatic carbocycles. The van der Waals surface area contributed by atoms with Gasteiger partial charge in [0, 0.05) is 11.6 Å². The third-order valence-corrected chi connectivity index (χ3v) is 3.73. The Kier molecular flexibility index (Phi) is 4.63. The van der Waals surface area contributed by atoms with Gasteiger partial charge in [-0.1, -0.05) is 0 Å². The standard InChI is InChI=1S/C16H10F4N4O4/c17-9-2-1-7(16(18,19)20)3-8(9)10-4-11(25)13(14-22-6-23-24(10)14)15(28)21-5-12(26)27/h1-4,6,25H,5H2,(H,21,28)(H,26,27). The van der Waals surface area contributed by atoms with Crippen LogP contribution in [0.2, 0.25) is 0 Å². The number of hydrogen-bond acceptors (Lipinski definition) is 5. The molecule has 0 bridgehead atoms. The molecule has 0 saturated heterocycles. The summed E-state index contributed by atoms with van der Waals surface area (Å²) in [4.78, 5) is 26.5. The summed E-state index contributed by atoms with van der Waals surface area (Å²) in [5.41, 5.74) is -2.70. The number of aromatic nitrogens is 3. The molecule has 0 aliphatic heterocycles. The fourth-order valence-electron chi connectivity index (χ4n) is 2.52. The summed E-state index contributed by atoms with van der Waals surface area (Å²) in [7, 11) is 0. The lowest BCUT2D eigenvalue weighted by atomic mass is 10.0. The topological polar surface area (TPSA) is 117 Å². The zero-order chi connectivity index (χ0) is 20.6. The molecule has 0 aliphatic rings. The summed E-state index contributed by atoms with van der Waals surface area (Å²) in [5, 5.41) is 24.6. The van der Waals surface area contributed by atoms with Gasteiger partial charge in [0.25, 0.3) is 5.91 Å². The van der Waals surface area contributed by atoms with Crippen LogP contribution in [0, 0.1) is 5.82 Å². The van der Waals surface area contributed by atoms with Crippen LogP contribution in [0.25, 0.3) is 16.9 Å². The minimum absolute atomic E-state index is 0.289. The second kappa shape index (κ2) is 6.79. The highest BCUT2D eigenvalue weighted by molar-refractivity contribution is 6.04. The number of carboxylic acids is 1. The molecule has 12 heteroatoms. The van der Waals surface area contributed by atoms with E-state index >= 15 is 0 Å². The first-order chi connectivity index (χ1) is 13.1. The molecular formula is C16H10F4N4O4. The number of fused-ring (bicyclic) bond motifs is 1. The van der Waals surface area contributed by atoms with E-state index in [1.807, 2.05) is 5.32 Å². The van der Waals surface area contributed by atoms with Crippen LogP contribution in [0.1, 0.15) is 15.9 Å². The van der Waals surface area contributed by atoms with Crippen LogP contribution >= 0.6 is 0 Å². The predicted molar refractivity (Wildman–Crippen MR) is 85.0 cm³/mol. The number of pyridine rings is 1. The van der Waals surface area contributed by atoms with Crippen molar-refractivity contribution in [3.63, 3.8) is 0 Å². The van der Waals surface area contributed by atoms with Gasteiger partial charge in [0.15, 0.2) is 5.65 Å². The number of halogens is 4. The molecule has 28 heavy (non-hydrogen) atoms. The van der Waals surface area contributed by atoms with E-state index in [1.54, 1.807) is 0 Å². The third kappa shape index (κ3) is 3.43. The van der Waals surface area contributed by atoms with Gasteiger partial charge in [-0.25, -0.2) is 13.9 Å². The number of carbonyl (C=O) groups excluding carboxylic acids is 1. The van der Waals surface area contributed by atoms with Crippen LogP contribution in [-0.2, 0) is 11.0 Å². The highest BCUT2D eigenvalue weighted by atomic mass is 19.4. The summed E-state index contributed by atoms with van der Waals surface area (Å²) < 4.78 is 54.0. The highest BCUT2D eigenvalue weighted by Gasteiger charge is 2.32. The van der Waals surface area contributed by atoms with Gasteiger partial charge in [-0.15, -0.1) is 0 Å². The maximum Gasteiger partial charge on any atom is 0.416 e. The molecule has 3 aromatic rings. The number of rotatable bonds is 4. The fraction of sp³-hybridized carbons (Fsp3) is 0.125. The van der Waals surface area contributed by atoms with E-state index in [-0.39, 0.29) is 11.3 Å². The number of aromatic hydroxyl groups is 1. The van der Waals surface area contributed by atoms with Crippen molar-refractivity contribution in [3.05, 3.63) is 47.5 Å². The molecule has 3 rings (SSSR count). The summed E-state index contributed by atoms with van der Waals surface area (Å²) in [6, 6.07) is 2.56. The van der Waals surface area contributed by atoms with Crippen molar-refractivity contribution in [1.82, 2.24) is 19.9 Å². The van der Waals surface area contributed by atoms with E-state index in [9.17, 15) is 32.3 Å². The zero-order valence-corrected chi connectivity index (χ0v) is 13.7. The summed E-state index contributed by atoms with van der Waals surface area (Å²) in [6.07, 6.45) is -3.79. The summed E-state index contributed by atoms with van der Waals surface area (Å²) in [5.74, 6) is -4.11. The second-order valence-corrected chi connectivity index (χ2v) is 5.55. The number of benzene rings is 1. The predicted octanol–water partition coefficient (Wildman–Crippen LogP) is 2.07. The molecule has 0 radical (unpaired) electrons.